The molecular weight excluding hydrogens is 695 g/mol. The first-order valence-electron chi connectivity index (χ1n) is 18.2. The molecule has 0 aliphatic carbocycles. The second kappa shape index (κ2) is 13.8. The maximum atomic E-state index is 14.4. The number of methoxy groups -OCH3 is 1. The molecule has 0 saturated carbocycles. The number of epoxide rings is 1. The van der Waals surface area contributed by atoms with Gasteiger partial charge in [-0.2, -0.15) is 0 Å². The van der Waals surface area contributed by atoms with Crippen molar-refractivity contribution in [2.75, 3.05) is 18.6 Å². The van der Waals surface area contributed by atoms with Gasteiger partial charge in [-0.25, -0.2) is 4.79 Å². The number of fused-ring (bicyclic) bond motifs is 1. The van der Waals surface area contributed by atoms with Crippen LogP contribution < -0.4 is 20.9 Å². The molecule has 3 aliphatic rings. The van der Waals surface area contributed by atoms with E-state index in [0.717, 1.165) is 23.2 Å². The smallest absolute Gasteiger partial charge is 0.333 e. The number of benzene rings is 2. The van der Waals surface area contributed by atoms with E-state index in [2.05, 4.69) is 73.8 Å². The molecule has 0 radical (unpaired) electrons. The van der Waals surface area contributed by atoms with E-state index in [1.807, 2.05) is 30.3 Å². The number of carbonyl (C=O) groups excluding carboxylic acids is 1. The molecule has 6 rings (SSSR count). The van der Waals surface area contributed by atoms with Gasteiger partial charge in [-0.15, -0.1) is 0 Å². The molecule has 0 unspecified atom stereocenters. The highest BCUT2D eigenvalue weighted by molar-refractivity contribution is 6.74. The molecule has 282 valence electrons. The summed E-state index contributed by atoms with van der Waals surface area (Å²) >= 11 is 0. The SMILES string of the molecule is COc1ccc(Cn2c(=O)ccn([C@@H]3O[C@H]([C@H]4O[C@@H]4C(=O)N4CCc5ccccc54)[C@@H](O[Si](C)(C)C(C)(C)C)[C@H]3O[Si](C)(C)C(C)(C)C)c2=O)cc1. The Hall–Kier alpha value is -3.34. The first-order valence-corrected chi connectivity index (χ1v) is 24.1. The van der Waals surface area contributed by atoms with Gasteiger partial charge in [0, 0.05) is 24.5 Å². The zero-order valence-electron chi connectivity index (χ0n) is 32.5. The van der Waals surface area contributed by atoms with Gasteiger partial charge in [-0.05, 0) is 72.0 Å². The molecule has 1 amide bonds. The van der Waals surface area contributed by atoms with Gasteiger partial charge in [0.15, 0.2) is 29.0 Å². The molecule has 1 aromatic heterocycles. The molecule has 0 bridgehead atoms. The summed E-state index contributed by atoms with van der Waals surface area (Å²) in [5, 5.41) is -0.328. The van der Waals surface area contributed by atoms with Crippen molar-refractivity contribution >= 4 is 28.2 Å². The summed E-state index contributed by atoms with van der Waals surface area (Å²) in [5.41, 5.74) is 1.86. The first-order chi connectivity index (χ1) is 24.2. The molecule has 2 fully saturated rings. The van der Waals surface area contributed by atoms with Gasteiger partial charge in [-0.3, -0.25) is 18.7 Å². The quantitative estimate of drug-likeness (QED) is 0.181. The highest BCUT2D eigenvalue weighted by atomic mass is 28.4. The summed E-state index contributed by atoms with van der Waals surface area (Å²) in [7, 11) is -3.42. The summed E-state index contributed by atoms with van der Waals surface area (Å²) in [5.74, 6) is 0.568. The summed E-state index contributed by atoms with van der Waals surface area (Å²) in [4.78, 5) is 43.4. The Morgan fingerprint density at radius 1 is 0.827 bits per heavy atom. The van der Waals surface area contributed by atoms with Crippen molar-refractivity contribution in [3.63, 3.8) is 0 Å². The lowest BCUT2D eigenvalue weighted by Gasteiger charge is -2.44. The summed E-state index contributed by atoms with van der Waals surface area (Å²) < 4.78 is 35.6. The average molecular weight is 750 g/mol. The van der Waals surface area contributed by atoms with Crippen LogP contribution in [0.1, 0.15) is 58.9 Å². The van der Waals surface area contributed by atoms with Crippen LogP contribution in [0, 0.1) is 0 Å². The van der Waals surface area contributed by atoms with E-state index in [0.29, 0.717) is 12.3 Å². The second-order valence-electron chi connectivity index (χ2n) is 17.3. The van der Waals surface area contributed by atoms with Gasteiger partial charge in [-0.1, -0.05) is 71.9 Å². The van der Waals surface area contributed by atoms with Crippen LogP contribution in [0.3, 0.4) is 0 Å². The Bertz CT molecular complexity index is 1910. The fourth-order valence-corrected chi connectivity index (χ4v) is 9.11. The third kappa shape index (κ3) is 7.27. The van der Waals surface area contributed by atoms with Crippen LogP contribution in [0.2, 0.25) is 36.3 Å². The number of amides is 1. The molecular formula is C39H55N3O8Si2. The van der Waals surface area contributed by atoms with Gasteiger partial charge in [0.2, 0.25) is 0 Å². The third-order valence-corrected chi connectivity index (χ3v) is 20.8. The van der Waals surface area contributed by atoms with Crippen LogP contribution in [0.15, 0.2) is 70.4 Å². The van der Waals surface area contributed by atoms with Crippen molar-refractivity contribution in [1.29, 1.82) is 0 Å². The van der Waals surface area contributed by atoms with E-state index in [1.54, 1.807) is 24.1 Å². The van der Waals surface area contributed by atoms with Crippen LogP contribution in [0.4, 0.5) is 5.69 Å². The zero-order chi connectivity index (χ0) is 38.0. The van der Waals surface area contributed by atoms with Crippen molar-refractivity contribution in [1.82, 2.24) is 9.13 Å². The average Bonchev–Trinajstić information content (AvgIpc) is 3.63. The highest BCUT2D eigenvalue weighted by Crippen LogP contribution is 2.49. The lowest BCUT2D eigenvalue weighted by Crippen LogP contribution is -2.55. The largest absolute Gasteiger partial charge is 0.497 e. The Kier molecular flexibility index (Phi) is 10.2. The summed E-state index contributed by atoms with van der Waals surface area (Å²) in [6.45, 7) is 22.4. The van der Waals surface area contributed by atoms with Gasteiger partial charge in [0.1, 0.15) is 30.2 Å². The minimum absolute atomic E-state index is 0.0654. The fraction of sp³-hybridized carbons (Fsp3) is 0.564. The Morgan fingerprint density at radius 3 is 2.06 bits per heavy atom. The van der Waals surface area contributed by atoms with Crippen molar-refractivity contribution in [2.24, 2.45) is 0 Å². The molecule has 6 atom stereocenters. The Labute approximate surface area is 309 Å². The van der Waals surface area contributed by atoms with Crippen molar-refractivity contribution in [3.8, 4) is 5.75 Å². The van der Waals surface area contributed by atoms with Gasteiger partial charge in [0.05, 0.1) is 13.7 Å². The van der Waals surface area contributed by atoms with Gasteiger partial charge >= 0.3 is 5.69 Å². The topological polar surface area (TPSA) is 114 Å². The molecule has 3 aliphatic heterocycles. The number of aromatic nitrogens is 2. The number of carbonyl (C=O) groups is 1. The van der Waals surface area contributed by atoms with E-state index >= 15 is 0 Å². The van der Waals surface area contributed by atoms with Crippen molar-refractivity contribution < 1.29 is 27.9 Å². The number of anilines is 1. The van der Waals surface area contributed by atoms with E-state index in [1.165, 1.54) is 21.4 Å². The van der Waals surface area contributed by atoms with Crippen LogP contribution >= 0.6 is 0 Å². The predicted octanol–water partition coefficient (Wildman–Crippen LogP) is 6.10. The van der Waals surface area contributed by atoms with Gasteiger partial charge < -0.3 is 28.0 Å². The standard InChI is InChI=1S/C39H55N3O8Si2/c1-38(2,3)51(8,9)49-32-30(31-33(47-31)35(44)40-22-20-26-14-12-13-15-28(26)40)48-36(34(32)50-52(10,11)39(4,5)6)41-23-21-29(43)42(37(41)45)24-25-16-18-27(46-7)19-17-25/h12-19,21,23,30-34,36H,20,22,24H2,1-11H3/t30-,31-,32-,33+,34-,36-/m1/s1. The minimum atomic E-state index is -2.52. The maximum Gasteiger partial charge on any atom is 0.333 e. The molecule has 2 aromatic carbocycles. The molecule has 52 heavy (non-hydrogen) atoms. The molecule has 11 nitrogen and oxygen atoms in total. The maximum absolute atomic E-state index is 14.4. The third-order valence-electron chi connectivity index (χ3n) is 11.8. The van der Waals surface area contributed by atoms with Crippen LogP contribution in [0.5, 0.6) is 5.75 Å². The van der Waals surface area contributed by atoms with Crippen LogP contribution in [-0.4, -0.2) is 75.9 Å². The number of ether oxygens (including phenoxy) is 3. The number of hydrogen-bond donors (Lipinski definition) is 0. The lowest BCUT2D eigenvalue weighted by molar-refractivity contribution is -0.119. The monoisotopic (exact) mass is 749 g/mol. The minimum Gasteiger partial charge on any atom is -0.497 e. The molecule has 4 heterocycles. The van der Waals surface area contributed by atoms with E-state index < -0.39 is 64.6 Å². The predicted molar refractivity (Wildman–Crippen MR) is 206 cm³/mol. The normalized spacial score (nSPS) is 24.9. The second-order valence-corrected chi connectivity index (χ2v) is 26.9. The van der Waals surface area contributed by atoms with E-state index in [4.69, 9.17) is 23.1 Å². The van der Waals surface area contributed by atoms with E-state index in [-0.39, 0.29) is 22.5 Å². The lowest BCUT2D eigenvalue weighted by atomic mass is 10.1. The molecule has 13 heteroatoms. The van der Waals surface area contributed by atoms with Crippen molar-refractivity contribution in [3.05, 3.63) is 92.8 Å². The first kappa shape index (κ1) is 38.4. The summed E-state index contributed by atoms with van der Waals surface area (Å²) in [6.07, 6.45) is -2.09. The molecule has 0 N–H and O–H groups in total. The van der Waals surface area contributed by atoms with Crippen LogP contribution in [0.25, 0.3) is 0 Å². The van der Waals surface area contributed by atoms with Gasteiger partial charge in [0.25, 0.3) is 11.5 Å². The molecule has 3 aromatic rings. The number of hydrogen-bond acceptors (Lipinski definition) is 8. The Balaban J connectivity index is 1.41. The number of para-hydroxylation sites is 1. The van der Waals surface area contributed by atoms with Crippen LogP contribution in [-0.2, 0) is 36.1 Å². The zero-order valence-corrected chi connectivity index (χ0v) is 34.5. The molecule has 0 spiro atoms. The highest BCUT2D eigenvalue weighted by Gasteiger charge is 2.63. The Morgan fingerprint density at radius 2 is 1.44 bits per heavy atom. The van der Waals surface area contributed by atoms with E-state index in [9.17, 15) is 14.4 Å². The fourth-order valence-electron chi connectivity index (χ4n) is 6.52. The van der Waals surface area contributed by atoms with Crippen molar-refractivity contribution in [2.45, 2.75) is 128 Å². The molecule has 2 saturated heterocycles. The number of nitrogens with zero attached hydrogens (tertiary/aromatic N) is 3. The number of rotatable bonds is 10. The summed E-state index contributed by atoms with van der Waals surface area (Å²) in [6, 6.07) is 16.6.